The third-order valence-corrected chi connectivity index (χ3v) is 2.07. The van der Waals surface area contributed by atoms with Gasteiger partial charge in [0.15, 0.2) is 0 Å². The van der Waals surface area contributed by atoms with Gasteiger partial charge in [-0.3, -0.25) is 0 Å². The Labute approximate surface area is 97.9 Å². The first-order valence-electron chi connectivity index (χ1n) is 5.58. The van der Waals surface area contributed by atoms with Crippen molar-refractivity contribution in [2.24, 2.45) is 5.73 Å². The molecule has 0 saturated heterocycles. The van der Waals surface area contributed by atoms with Crippen LogP contribution in [0.25, 0.3) is 0 Å². The highest BCUT2D eigenvalue weighted by Crippen LogP contribution is 2.00. The monoisotopic (exact) mass is 213 g/mol. The van der Waals surface area contributed by atoms with E-state index in [9.17, 15) is 0 Å². The summed E-state index contributed by atoms with van der Waals surface area (Å²) in [6, 6.07) is 22.6. The predicted octanol–water partition coefficient (Wildman–Crippen LogP) is 3.26. The van der Waals surface area contributed by atoms with E-state index in [0.717, 1.165) is 6.42 Å². The molecule has 16 heavy (non-hydrogen) atoms. The van der Waals surface area contributed by atoms with Gasteiger partial charge in [-0.2, -0.15) is 0 Å². The first kappa shape index (κ1) is 12.5. The molecule has 2 rings (SSSR count). The molecule has 1 nitrogen and oxygen atoms in total. The number of rotatable bonds is 2. The molecule has 84 valence electrons. The van der Waals surface area contributed by atoms with Crippen LogP contribution in [-0.4, -0.2) is 6.04 Å². The zero-order valence-corrected chi connectivity index (χ0v) is 9.71. The van der Waals surface area contributed by atoms with Crippen molar-refractivity contribution in [3.05, 3.63) is 72.3 Å². The minimum atomic E-state index is 0.266. The molecule has 0 bridgehead atoms. The molecule has 2 aromatic rings. The van der Waals surface area contributed by atoms with Crippen LogP contribution in [0, 0.1) is 0 Å². The smallest absolute Gasteiger partial charge is 0.00509 e. The van der Waals surface area contributed by atoms with Gasteiger partial charge in [-0.05, 0) is 18.9 Å². The standard InChI is InChI=1S/C9H13N.C6H6/c1-8(10)7-9-5-3-2-4-6-9;1-2-4-6-5-3-1/h2-6,8H,7,10H2,1H3;1-6H/t8-;/m1./s1. The van der Waals surface area contributed by atoms with Crippen molar-refractivity contribution in [3.63, 3.8) is 0 Å². The Morgan fingerprint density at radius 1 is 0.812 bits per heavy atom. The number of hydrogen-bond acceptors (Lipinski definition) is 1. The fourth-order valence-corrected chi connectivity index (χ4v) is 1.37. The molecular weight excluding hydrogens is 194 g/mol. The van der Waals surface area contributed by atoms with Crippen molar-refractivity contribution in [1.82, 2.24) is 0 Å². The van der Waals surface area contributed by atoms with E-state index in [4.69, 9.17) is 5.73 Å². The molecule has 2 N–H and O–H groups in total. The van der Waals surface area contributed by atoms with Crippen LogP contribution >= 0.6 is 0 Å². The molecule has 0 heterocycles. The normalized spacial score (nSPS) is 11.1. The van der Waals surface area contributed by atoms with E-state index < -0.39 is 0 Å². The van der Waals surface area contributed by atoms with Crippen molar-refractivity contribution < 1.29 is 0 Å². The Balaban J connectivity index is 0.000000181. The van der Waals surface area contributed by atoms with E-state index in [0.29, 0.717) is 0 Å². The lowest BCUT2D eigenvalue weighted by Gasteiger charge is -2.02. The lowest BCUT2D eigenvalue weighted by atomic mass is 10.1. The number of nitrogens with two attached hydrogens (primary N) is 1. The second-order valence-corrected chi connectivity index (χ2v) is 3.82. The summed E-state index contributed by atoms with van der Waals surface area (Å²) >= 11 is 0. The maximum absolute atomic E-state index is 5.62. The highest BCUT2D eigenvalue weighted by atomic mass is 14.6. The van der Waals surface area contributed by atoms with E-state index in [-0.39, 0.29) is 6.04 Å². The Morgan fingerprint density at radius 3 is 1.56 bits per heavy atom. The summed E-state index contributed by atoms with van der Waals surface area (Å²) in [5.41, 5.74) is 6.94. The van der Waals surface area contributed by atoms with Crippen LogP contribution in [-0.2, 0) is 6.42 Å². The van der Waals surface area contributed by atoms with Gasteiger partial charge in [0.05, 0.1) is 0 Å². The molecule has 0 aliphatic carbocycles. The van der Waals surface area contributed by atoms with Crippen LogP contribution in [0.1, 0.15) is 12.5 Å². The fourth-order valence-electron chi connectivity index (χ4n) is 1.37. The average Bonchev–Trinajstić information content (AvgIpc) is 2.32. The molecule has 1 atom stereocenters. The van der Waals surface area contributed by atoms with Gasteiger partial charge in [-0.15, -0.1) is 0 Å². The second kappa shape index (κ2) is 7.66. The van der Waals surface area contributed by atoms with Gasteiger partial charge in [0, 0.05) is 6.04 Å². The SMILES string of the molecule is C[C@@H](N)Cc1ccccc1.c1ccccc1. The first-order valence-corrected chi connectivity index (χ1v) is 5.58. The Kier molecular flexibility index (Phi) is 5.97. The quantitative estimate of drug-likeness (QED) is 0.814. The summed E-state index contributed by atoms with van der Waals surface area (Å²) < 4.78 is 0. The van der Waals surface area contributed by atoms with Gasteiger partial charge in [0.2, 0.25) is 0 Å². The van der Waals surface area contributed by atoms with E-state index in [1.165, 1.54) is 5.56 Å². The van der Waals surface area contributed by atoms with Crippen molar-refractivity contribution in [2.75, 3.05) is 0 Å². The van der Waals surface area contributed by atoms with Crippen LogP contribution < -0.4 is 5.73 Å². The number of hydrogen-bond donors (Lipinski definition) is 1. The van der Waals surface area contributed by atoms with Crippen molar-refractivity contribution in [1.29, 1.82) is 0 Å². The maximum atomic E-state index is 5.62. The Hall–Kier alpha value is -1.60. The van der Waals surface area contributed by atoms with Gasteiger partial charge in [-0.25, -0.2) is 0 Å². The second-order valence-electron chi connectivity index (χ2n) is 3.82. The largest absolute Gasteiger partial charge is 0.328 e. The summed E-state index contributed by atoms with van der Waals surface area (Å²) in [6.07, 6.45) is 0.973. The lowest BCUT2D eigenvalue weighted by molar-refractivity contribution is 0.738. The molecule has 2 aromatic carbocycles. The van der Waals surface area contributed by atoms with E-state index in [2.05, 4.69) is 12.1 Å². The molecule has 0 saturated carbocycles. The van der Waals surface area contributed by atoms with Gasteiger partial charge < -0.3 is 5.73 Å². The average molecular weight is 213 g/mol. The summed E-state index contributed by atoms with van der Waals surface area (Å²) in [4.78, 5) is 0. The van der Waals surface area contributed by atoms with Gasteiger partial charge in [-0.1, -0.05) is 66.7 Å². The minimum absolute atomic E-state index is 0.266. The zero-order chi connectivity index (χ0) is 11.6. The van der Waals surface area contributed by atoms with E-state index >= 15 is 0 Å². The van der Waals surface area contributed by atoms with E-state index in [1.807, 2.05) is 61.5 Å². The van der Waals surface area contributed by atoms with Crippen molar-refractivity contribution in [2.45, 2.75) is 19.4 Å². The number of benzene rings is 2. The topological polar surface area (TPSA) is 26.0 Å². The molecule has 0 aliphatic rings. The third kappa shape index (κ3) is 5.99. The fraction of sp³-hybridized carbons (Fsp3) is 0.200. The molecule has 0 aliphatic heterocycles. The zero-order valence-electron chi connectivity index (χ0n) is 9.71. The molecular formula is C15H19N. The van der Waals surface area contributed by atoms with Crippen LogP contribution in [0.2, 0.25) is 0 Å². The molecule has 0 spiro atoms. The predicted molar refractivity (Wildman–Crippen MR) is 70.2 cm³/mol. The summed E-state index contributed by atoms with van der Waals surface area (Å²) in [5.74, 6) is 0. The van der Waals surface area contributed by atoms with Crippen LogP contribution in [0.5, 0.6) is 0 Å². The molecule has 1 heteroatoms. The molecule has 0 amide bonds. The van der Waals surface area contributed by atoms with E-state index in [1.54, 1.807) is 0 Å². The van der Waals surface area contributed by atoms with Gasteiger partial charge >= 0.3 is 0 Å². The van der Waals surface area contributed by atoms with Crippen molar-refractivity contribution in [3.8, 4) is 0 Å². The van der Waals surface area contributed by atoms with Gasteiger partial charge in [0.1, 0.15) is 0 Å². The molecule has 0 radical (unpaired) electrons. The summed E-state index contributed by atoms with van der Waals surface area (Å²) in [7, 11) is 0. The molecule has 0 unspecified atom stereocenters. The van der Waals surface area contributed by atoms with Gasteiger partial charge in [0.25, 0.3) is 0 Å². The molecule has 0 fully saturated rings. The van der Waals surface area contributed by atoms with Crippen molar-refractivity contribution >= 4 is 0 Å². The Bertz CT molecular complexity index is 327. The van der Waals surface area contributed by atoms with Crippen LogP contribution in [0.15, 0.2) is 66.7 Å². The summed E-state index contributed by atoms with van der Waals surface area (Å²) in [5, 5.41) is 0. The third-order valence-electron chi connectivity index (χ3n) is 2.07. The first-order chi connectivity index (χ1) is 7.79. The van der Waals surface area contributed by atoms with Crippen LogP contribution in [0.3, 0.4) is 0 Å². The minimum Gasteiger partial charge on any atom is -0.328 e. The lowest BCUT2D eigenvalue weighted by Crippen LogP contribution is -2.17. The maximum Gasteiger partial charge on any atom is 0.00509 e. The summed E-state index contributed by atoms with van der Waals surface area (Å²) in [6.45, 7) is 2.02. The highest BCUT2D eigenvalue weighted by molar-refractivity contribution is 5.15. The highest BCUT2D eigenvalue weighted by Gasteiger charge is 1.94. The molecule has 0 aromatic heterocycles. The Morgan fingerprint density at radius 2 is 1.19 bits per heavy atom. The van der Waals surface area contributed by atoms with Crippen LogP contribution in [0.4, 0.5) is 0 Å².